The zero-order valence-corrected chi connectivity index (χ0v) is 19.1. The topological polar surface area (TPSA) is 105 Å². The van der Waals surface area contributed by atoms with Crippen molar-refractivity contribution >= 4 is 23.8 Å². The number of hydrogen-bond acceptors (Lipinski definition) is 5. The second-order valence-corrected chi connectivity index (χ2v) is 10.6. The van der Waals surface area contributed by atoms with Gasteiger partial charge in [0, 0.05) is 24.1 Å². The van der Waals surface area contributed by atoms with Crippen molar-refractivity contribution < 1.29 is 23.9 Å². The molecular weight excluding hydrogens is 410 g/mol. The molecule has 1 aliphatic carbocycles. The van der Waals surface area contributed by atoms with Crippen LogP contribution in [-0.4, -0.2) is 40.3 Å². The molecule has 1 atom stereocenters. The van der Waals surface area contributed by atoms with E-state index >= 15 is 0 Å². The second kappa shape index (κ2) is 7.90. The van der Waals surface area contributed by atoms with Crippen LogP contribution in [0.4, 0.5) is 4.79 Å². The summed E-state index contributed by atoms with van der Waals surface area (Å²) in [7, 11) is 0. The first-order valence-electron chi connectivity index (χ1n) is 11.2. The zero-order valence-electron chi connectivity index (χ0n) is 19.1. The maximum absolute atomic E-state index is 12.9. The molecule has 32 heavy (non-hydrogen) atoms. The Morgan fingerprint density at radius 3 is 2.62 bits per heavy atom. The molecule has 0 radical (unpaired) electrons. The molecule has 2 N–H and O–H groups in total. The normalized spacial score (nSPS) is 27.5. The molecule has 0 aromatic heterocycles. The van der Waals surface area contributed by atoms with Gasteiger partial charge in [-0.3, -0.25) is 19.7 Å². The van der Waals surface area contributed by atoms with Crippen LogP contribution in [0.25, 0.3) is 0 Å². The van der Waals surface area contributed by atoms with Crippen molar-refractivity contribution in [2.75, 3.05) is 0 Å². The van der Waals surface area contributed by atoms with Gasteiger partial charge in [-0.25, -0.2) is 4.79 Å². The van der Waals surface area contributed by atoms with Crippen LogP contribution < -0.4 is 10.6 Å². The van der Waals surface area contributed by atoms with Gasteiger partial charge in [0.1, 0.15) is 12.6 Å². The molecule has 8 heteroatoms. The highest BCUT2D eigenvalue weighted by Crippen LogP contribution is 2.47. The number of imide groups is 1. The highest BCUT2D eigenvalue weighted by atomic mass is 16.5. The van der Waals surface area contributed by atoms with E-state index in [4.69, 9.17) is 4.74 Å². The Kier molecular flexibility index (Phi) is 5.51. The van der Waals surface area contributed by atoms with E-state index in [1.54, 1.807) is 6.07 Å². The molecule has 3 aliphatic rings. The maximum Gasteiger partial charge on any atom is 0.407 e. The Morgan fingerprint density at radius 1 is 1.25 bits per heavy atom. The van der Waals surface area contributed by atoms with Gasteiger partial charge in [0.15, 0.2) is 0 Å². The highest BCUT2D eigenvalue weighted by molar-refractivity contribution is 6.05. The van der Waals surface area contributed by atoms with Crippen molar-refractivity contribution in [3.05, 3.63) is 34.9 Å². The first-order chi connectivity index (χ1) is 14.9. The average Bonchev–Trinajstić information content (AvgIpc) is 3.00. The monoisotopic (exact) mass is 441 g/mol. The minimum atomic E-state index is -0.641. The fraction of sp³-hybridized carbons (Fsp3) is 0.583. The lowest BCUT2D eigenvalue weighted by molar-refractivity contribution is -0.136. The number of rotatable bonds is 4. The second-order valence-electron chi connectivity index (χ2n) is 10.6. The van der Waals surface area contributed by atoms with Crippen molar-refractivity contribution in [1.82, 2.24) is 15.5 Å². The molecule has 172 valence electrons. The van der Waals surface area contributed by atoms with Gasteiger partial charge in [0.2, 0.25) is 11.8 Å². The van der Waals surface area contributed by atoms with Crippen molar-refractivity contribution in [3.8, 4) is 0 Å². The molecule has 1 unspecified atom stereocenters. The predicted molar refractivity (Wildman–Crippen MR) is 116 cm³/mol. The third-order valence-electron chi connectivity index (χ3n) is 6.98. The van der Waals surface area contributed by atoms with E-state index in [2.05, 4.69) is 31.4 Å². The van der Waals surface area contributed by atoms with Crippen LogP contribution in [0.5, 0.6) is 0 Å². The predicted octanol–water partition coefficient (Wildman–Crippen LogP) is 2.89. The number of alkyl carbamates (subject to hydrolysis) is 1. The number of ether oxygens (including phenoxy) is 1. The number of carbonyl (C=O) groups is 4. The standard InChI is InChI=1S/C24H31N3O5/c1-23(2,3)16-10-24(4,11-16)26-22(31)32-13-14-5-6-15-12-27(21(30)17(15)9-14)18-7-8-19(28)25-20(18)29/h5-6,9,16,18H,7-8,10-13H2,1-4H3,(H,26,31)(H,25,28,29)/t16-,18?,24+. The van der Waals surface area contributed by atoms with Gasteiger partial charge in [-0.1, -0.05) is 32.9 Å². The lowest BCUT2D eigenvalue weighted by atomic mass is 9.59. The largest absolute Gasteiger partial charge is 0.445 e. The van der Waals surface area contributed by atoms with Gasteiger partial charge in [0.05, 0.1) is 0 Å². The van der Waals surface area contributed by atoms with Crippen molar-refractivity contribution in [1.29, 1.82) is 0 Å². The summed E-state index contributed by atoms with van der Waals surface area (Å²) in [4.78, 5) is 50.3. The molecule has 2 fully saturated rings. The number of nitrogens with zero attached hydrogens (tertiary/aromatic N) is 1. The van der Waals surface area contributed by atoms with Crippen LogP contribution in [0.3, 0.4) is 0 Å². The molecule has 2 aliphatic heterocycles. The van der Waals surface area contributed by atoms with Crippen LogP contribution >= 0.6 is 0 Å². The van der Waals surface area contributed by atoms with Crippen molar-refractivity contribution in [3.63, 3.8) is 0 Å². The van der Waals surface area contributed by atoms with Gasteiger partial charge in [-0.15, -0.1) is 0 Å². The number of amides is 4. The summed E-state index contributed by atoms with van der Waals surface area (Å²) in [6.07, 6.45) is 1.94. The Hall–Kier alpha value is -2.90. The molecule has 1 aromatic rings. The van der Waals surface area contributed by atoms with Crippen LogP contribution in [0.1, 0.15) is 74.9 Å². The summed E-state index contributed by atoms with van der Waals surface area (Å²) in [6.45, 7) is 9.07. The minimum absolute atomic E-state index is 0.0591. The maximum atomic E-state index is 12.9. The average molecular weight is 442 g/mol. The first-order valence-corrected chi connectivity index (χ1v) is 11.2. The van der Waals surface area contributed by atoms with Crippen molar-refractivity contribution in [2.24, 2.45) is 11.3 Å². The molecule has 8 nitrogen and oxygen atoms in total. The molecule has 2 heterocycles. The molecule has 4 rings (SSSR count). The summed E-state index contributed by atoms with van der Waals surface area (Å²) in [5, 5.41) is 5.28. The fourth-order valence-corrected chi connectivity index (χ4v) is 4.87. The molecular formula is C24H31N3O5. The van der Waals surface area contributed by atoms with Crippen LogP contribution in [0.2, 0.25) is 0 Å². The number of hydrogen-bond donors (Lipinski definition) is 2. The van der Waals surface area contributed by atoms with E-state index in [0.29, 0.717) is 30.0 Å². The molecule has 1 saturated heterocycles. The number of benzene rings is 1. The molecule has 0 bridgehead atoms. The SMILES string of the molecule is CC(C)(C)[C@H]1C[C@@](C)(NC(=O)OCc2ccc3c(c2)C(=O)N(C2CCC(=O)NC2=O)C3)C1. The fourth-order valence-electron chi connectivity index (χ4n) is 4.87. The highest BCUT2D eigenvalue weighted by Gasteiger charge is 2.46. The first kappa shape index (κ1) is 22.3. The van der Waals surface area contributed by atoms with Gasteiger partial charge in [-0.05, 0) is 54.7 Å². The summed E-state index contributed by atoms with van der Waals surface area (Å²) >= 11 is 0. The van der Waals surface area contributed by atoms with E-state index in [1.807, 2.05) is 19.1 Å². The Bertz CT molecular complexity index is 974. The van der Waals surface area contributed by atoms with Gasteiger partial charge in [-0.2, -0.15) is 0 Å². The molecule has 4 amide bonds. The molecule has 1 aromatic carbocycles. The number of nitrogens with one attached hydrogen (secondary N) is 2. The summed E-state index contributed by atoms with van der Waals surface area (Å²) < 4.78 is 5.41. The van der Waals surface area contributed by atoms with Gasteiger partial charge < -0.3 is 15.0 Å². The summed E-state index contributed by atoms with van der Waals surface area (Å²) in [6, 6.07) is 4.74. The zero-order chi connectivity index (χ0) is 23.3. The lowest BCUT2D eigenvalue weighted by Crippen LogP contribution is -2.57. The summed E-state index contributed by atoms with van der Waals surface area (Å²) in [5.41, 5.74) is 2.02. The number of carbonyl (C=O) groups excluding carboxylic acids is 4. The smallest absolute Gasteiger partial charge is 0.407 e. The van der Waals surface area contributed by atoms with Crippen molar-refractivity contribution in [2.45, 2.75) is 78.1 Å². The lowest BCUT2D eigenvalue weighted by Gasteiger charge is -2.51. The number of fused-ring (bicyclic) bond motifs is 1. The number of piperidine rings is 1. The van der Waals surface area contributed by atoms with E-state index in [1.165, 1.54) is 4.90 Å². The van der Waals surface area contributed by atoms with E-state index < -0.39 is 18.0 Å². The van der Waals surface area contributed by atoms with E-state index in [0.717, 1.165) is 18.4 Å². The third kappa shape index (κ3) is 4.36. The Morgan fingerprint density at radius 2 is 1.97 bits per heavy atom. The van der Waals surface area contributed by atoms with Crippen LogP contribution in [0.15, 0.2) is 18.2 Å². The molecule has 0 spiro atoms. The minimum Gasteiger partial charge on any atom is -0.445 e. The Balaban J connectivity index is 1.33. The van der Waals surface area contributed by atoms with Gasteiger partial charge >= 0.3 is 6.09 Å². The van der Waals surface area contributed by atoms with Gasteiger partial charge in [0.25, 0.3) is 5.91 Å². The van der Waals surface area contributed by atoms with E-state index in [9.17, 15) is 19.2 Å². The third-order valence-corrected chi connectivity index (χ3v) is 6.98. The quantitative estimate of drug-likeness (QED) is 0.699. The van der Waals surface area contributed by atoms with E-state index in [-0.39, 0.29) is 35.8 Å². The summed E-state index contributed by atoms with van der Waals surface area (Å²) in [5.74, 6) is -0.405. The molecule has 1 saturated carbocycles. The van der Waals surface area contributed by atoms with Crippen LogP contribution in [0, 0.1) is 11.3 Å². The van der Waals surface area contributed by atoms with Crippen LogP contribution in [-0.2, 0) is 27.5 Å². The Labute approximate surface area is 188 Å².